The lowest BCUT2D eigenvalue weighted by Gasteiger charge is -2.26. The van der Waals surface area contributed by atoms with Crippen LogP contribution >= 0.6 is 15.9 Å². The topological polar surface area (TPSA) is 41.1 Å². The summed E-state index contributed by atoms with van der Waals surface area (Å²) >= 11 is 3.30. The molecule has 1 aromatic rings. The molecule has 1 heterocycles. The van der Waals surface area contributed by atoms with Gasteiger partial charge in [0.25, 0.3) is 0 Å². The number of halogens is 2. The van der Waals surface area contributed by atoms with E-state index in [1.165, 1.54) is 6.07 Å². The normalized spacial score (nSPS) is 22.5. The zero-order valence-electron chi connectivity index (χ0n) is 10.9. The van der Waals surface area contributed by atoms with Crippen molar-refractivity contribution in [1.82, 2.24) is 10.6 Å². The molecule has 2 N–H and O–H groups in total. The maximum Gasteiger partial charge on any atom is 0.240 e. The van der Waals surface area contributed by atoms with E-state index in [-0.39, 0.29) is 18.3 Å². The first-order valence-corrected chi connectivity index (χ1v) is 7.34. The van der Waals surface area contributed by atoms with Crippen LogP contribution in [0.4, 0.5) is 4.39 Å². The quantitative estimate of drug-likeness (QED) is 0.892. The first kappa shape index (κ1) is 14.5. The van der Waals surface area contributed by atoms with E-state index >= 15 is 0 Å². The second-order valence-electron chi connectivity index (χ2n) is 4.88. The highest BCUT2D eigenvalue weighted by atomic mass is 79.9. The van der Waals surface area contributed by atoms with Gasteiger partial charge in [0, 0.05) is 16.6 Å². The lowest BCUT2D eigenvalue weighted by atomic mass is 9.93. The van der Waals surface area contributed by atoms with E-state index in [2.05, 4.69) is 26.6 Å². The predicted molar refractivity (Wildman–Crippen MR) is 76.2 cm³/mol. The summed E-state index contributed by atoms with van der Waals surface area (Å²) in [6, 6.07) is 4.73. The first-order chi connectivity index (χ1) is 9.07. The third-order valence-corrected chi connectivity index (χ3v) is 4.22. The molecule has 104 valence electrons. The van der Waals surface area contributed by atoms with E-state index < -0.39 is 5.54 Å². The van der Waals surface area contributed by atoms with Gasteiger partial charge in [0.1, 0.15) is 5.82 Å². The average Bonchev–Trinajstić information content (AvgIpc) is 2.89. The summed E-state index contributed by atoms with van der Waals surface area (Å²) in [6.45, 7) is 3.08. The van der Waals surface area contributed by atoms with E-state index in [1.54, 1.807) is 12.1 Å². The number of hydrogen-bond donors (Lipinski definition) is 2. The van der Waals surface area contributed by atoms with E-state index in [0.29, 0.717) is 5.56 Å². The standard InChI is InChI=1S/C14H18BrFN2O/c1-2-14(6-3-7-18-14)13(19)17-9-10-8-11(15)4-5-12(10)16/h4-5,8,18H,2-3,6-7,9H2,1H3,(H,17,19). The Labute approximate surface area is 121 Å². The van der Waals surface area contributed by atoms with Crippen LogP contribution in [0.15, 0.2) is 22.7 Å². The lowest BCUT2D eigenvalue weighted by molar-refractivity contribution is -0.127. The van der Waals surface area contributed by atoms with Gasteiger partial charge in [-0.1, -0.05) is 22.9 Å². The van der Waals surface area contributed by atoms with Crippen molar-refractivity contribution < 1.29 is 9.18 Å². The van der Waals surface area contributed by atoms with E-state index in [1.807, 2.05) is 6.92 Å². The molecule has 0 radical (unpaired) electrons. The summed E-state index contributed by atoms with van der Waals surface area (Å²) in [5, 5.41) is 6.11. The van der Waals surface area contributed by atoms with Crippen molar-refractivity contribution in [3.8, 4) is 0 Å². The van der Waals surface area contributed by atoms with Crippen molar-refractivity contribution in [2.75, 3.05) is 6.54 Å². The molecular formula is C14H18BrFN2O. The highest BCUT2D eigenvalue weighted by molar-refractivity contribution is 9.10. The van der Waals surface area contributed by atoms with Gasteiger partial charge in [-0.3, -0.25) is 4.79 Å². The monoisotopic (exact) mass is 328 g/mol. The molecule has 1 unspecified atom stereocenters. The molecule has 19 heavy (non-hydrogen) atoms. The van der Waals surface area contributed by atoms with Crippen molar-refractivity contribution in [2.45, 2.75) is 38.3 Å². The largest absolute Gasteiger partial charge is 0.350 e. The van der Waals surface area contributed by atoms with Crippen LogP contribution in [0.1, 0.15) is 31.7 Å². The molecule has 3 nitrogen and oxygen atoms in total. The predicted octanol–water partition coefficient (Wildman–Crippen LogP) is 2.74. The number of amides is 1. The van der Waals surface area contributed by atoms with Gasteiger partial charge in [0.2, 0.25) is 5.91 Å². The number of benzene rings is 1. The molecule has 0 spiro atoms. The van der Waals surface area contributed by atoms with Crippen LogP contribution in [0, 0.1) is 5.82 Å². The molecule has 0 aliphatic carbocycles. The Balaban J connectivity index is 2.02. The van der Waals surface area contributed by atoms with Crippen molar-refractivity contribution >= 4 is 21.8 Å². The second-order valence-corrected chi connectivity index (χ2v) is 5.80. The molecule has 1 aliphatic rings. The number of carbonyl (C=O) groups is 1. The SMILES string of the molecule is CCC1(C(=O)NCc2cc(Br)ccc2F)CCCN1. The fourth-order valence-electron chi connectivity index (χ4n) is 2.49. The van der Waals surface area contributed by atoms with Gasteiger partial charge >= 0.3 is 0 Å². The Morgan fingerprint density at radius 3 is 3.00 bits per heavy atom. The molecule has 5 heteroatoms. The lowest BCUT2D eigenvalue weighted by Crippen LogP contribution is -2.52. The van der Waals surface area contributed by atoms with Gasteiger partial charge in [-0.25, -0.2) is 4.39 Å². The molecule has 0 saturated carbocycles. The van der Waals surface area contributed by atoms with Crippen LogP contribution in [0.2, 0.25) is 0 Å². The van der Waals surface area contributed by atoms with Gasteiger partial charge in [-0.2, -0.15) is 0 Å². The molecule has 1 saturated heterocycles. The summed E-state index contributed by atoms with van der Waals surface area (Å²) in [7, 11) is 0. The first-order valence-electron chi connectivity index (χ1n) is 6.54. The number of nitrogens with one attached hydrogen (secondary N) is 2. The smallest absolute Gasteiger partial charge is 0.240 e. The summed E-state index contributed by atoms with van der Waals surface area (Å²) < 4.78 is 14.4. The third kappa shape index (κ3) is 3.15. The molecule has 0 aromatic heterocycles. The van der Waals surface area contributed by atoms with E-state index in [9.17, 15) is 9.18 Å². The highest BCUT2D eigenvalue weighted by Gasteiger charge is 2.38. The van der Waals surface area contributed by atoms with Crippen LogP contribution in [0.5, 0.6) is 0 Å². The summed E-state index contributed by atoms with van der Waals surface area (Å²) in [5.41, 5.74) is 0.0228. The van der Waals surface area contributed by atoms with Gasteiger partial charge in [-0.05, 0) is 44.0 Å². The summed E-state index contributed by atoms with van der Waals surface area (Å²) in [6.07, 6.45) is 2.60. The van der Waals surface area contributed by atoms with Crippen molar-refractivity contribution in [3.05, 3.63) is 34.1 Å². The summed E-state index contributed by atoms with van der Waals surface area (Å²) in [5.74, 6) is -0.333. The number of rotatable bonds is 4. The van der Waals surface area contributed by atoms with Crippen molar-refractivity contribution in [2.24, 2.45) is 0 Å². The van der Waals surface area contributed by atoms with Gasteiger partial charge in [-0.15, -0.1) is 0 Å². The number of hydrogen-bond acceptors (Lipinski definition) is 2. The molecule has 1 amide bonds. The minimum absolute atomic E-state index is 0.0353. The molecule has 1 aliphatic heterocycles. The maximum atomic E-state index is 13.6. The molecule has 0 bridgehead atoms. The van der Waals surface area contributed by atoms with Crippen molar-refractivity contribution in [1.29, 1.82) is 0 Å². The van der Waals surface area contributed by atoms with Crippen molar-refractivity contribution in [3.63, 3.8) is 0 Å². The Bertz CT molecular complexity index is 473. The Morgan fingerprint density at radius 1 is 1.58 bits per heavy atom. The Kier molecular flexibility index (Phi) is 4.58. The minimum atomic E-state index is -0.470. The van der Waals surface area contributed by atoms with Crippen LogP contribution < -0.4 is 10.6 Å². The van der Waals surface area contributed by atoms with Gasteiger partial charge < -0.3 is 10.6 Å². The molecule has 1 aromatic carbocycles. The molecule has 1 fully saturated rings. The number of carbonyl (C=O) groups excluding carboxylic acids is 1. The average molecular weight is 329 g/mol. The van der Waals surface area contributed by atoms with Crippen LogP contribution in [0.3, 0.4) is 0 Å². The maximum absolute atomic E-state index is 13.6. The minimum Gasteiger partial charge on any atom is -0.350 e. The van der Waals surface area contributed by atoms with Gasteiger partial charge in [0.05, 0.1) is 5.54 Å². The van der Waals surface area contributed by atoms with Gasteiger partial charge in [0.15, 0.2) is 0 Å². The molecule has 1 atom stereocenters. The van der Waals surface area contributed by atoms with Crippen LogP contribution in [0.25, 0.3) is 0 Å². The Hall–Kier alpha value is -0.940. The Morgan fingerprint density at radius 2 is 2.37 bits per heavy atom. The molecular weight excluding hydrogens is 311 g/mol. The third-order valence-electron chi connectivity index (χ3n) is 3.73. The van der Waals surface area contributed by atoms with E-state index in [0.717, 1.165) is 30.3 Å². The summed E-state index contributed by atoms with van der Waals surface area (Å²) in [4.78, 5) is 12.3. The molecule has 2 rings (SSSR count). The van der Waals surface area contributed by atoms with Crippen LogP contribution in [-0.4, -0.2) is 18.0 Å². The second kappa shape index (κ2) is 6.01. The fourth-order valence-corrected chi connectivity index (χ4v) is 2.89. The highest BCUT2D eigenvalue weighted by Crippen LogP contribution is 2.23. The van der Waals surface area contributed by atoms with Crippen LogP contribution in [-0.2, 0) is 11.3 Å². The zero-order valence-corrected chi connectivity index (χ0v) is 12.5. The van der Waals surface area contributed by atoms with E-state index in [4.69, 9.17) is 0 Å². The zero-order chi connectivity index (χ0) is 13.9. The fraction of sp³-hybridized carbons (Fsp3) is 0.500.